The molecule has 1 N–H and O–H groups in total. The number of nitrogens with one attached hydrogen (secondary N) is 1. The number of nitrogens with zero attached hydrogens (tertiary/aromatic N) is 1. The van der Waals surface area contributed by atoms with E-state index in [1.54, 1.807) is 30.2 Å². The fourth-order valence-corrected chi connectivity index (χ4v) is 3.98. The molecule has 0 saturated carbocycles. The minimum atomic E-state index is -0.223. The molecule has 0 saturated heterocycles. The molecule has 8 nitrogen and oxygen atoms in total. The van der Waals surface area contributed by atoms with Gasteiger partial charge in [-0.3, -0.25) is 9.59 Å². The molecule has 0 radical (unpaired) electrons. The van der Waals surface area contributed by atoms with Crippen LogP contribution in [0.3, 0.4) is 0 Å². The molecule has 0 atom stereocenters. The summed E-state index contributed by atoms with van der Waals surface area (Å²) in [6.07, 6.45) is 1.71. The van der Waals surface area contributed by atoms with Crippen molar-refractivity contribution in [2.45, 2.75) is 47.1 Å². The first-order valence-corrected chi connectivity index (χ1v) is 12.5. The zero-order valence-electron chi connectivity index (χ0n) is 21.8. The number of hydrogen-bond acceptors (Lipinski definition) is 6. The molecule has 1 amide bonds. The average Bonchev–Trinajstić information content (AvgIpc) is 2.88. The predicted molar refractivity (Wildman–Crippen MR) is 141 cm³/mol. The summed E-state index contributed by atoms with van der Waals surface area (Å²) in [5.74, 6) is 1.89. The van der Waals surface area contributed by atoms with Gasteiger partial charge in [0.05, 0.1) is 33.5 Å². The molecular weight excluding hydrogens is 460 g/mol. The maximum Gasteiger partial charge on any atom is 0.254 e. The van der Waals surface area contributed by atoms with Crippen LogP contribution in [0.4, 0.5) is 0 Å². The van der Waals surface area contributed by atoms with Crippen LogP contribution < -0.4 is 24.5 Å². The standard InChI is InChI=1S/C28H36N2O6/c1-6-10-13-30(18-21-14-19-15-22(33-5)11-12-23(19)29-27(21)31)28(32)20-16-24(34-7-2)26(36-9-4)25(17-20)35-8-3/h11-12,14-17H,6-10,13,18H2,1-5H3,(H,29,31). The highest BCUT2D eigenvalue weighted by molar-refractivity contribution is 5.95. The lowest BCUT2D eigenvalue weighted by atomic mass is 10.1. The number of rotatable bonds is 13. The van der Waals surface area contributed by atoms with Crippen molar-refractivity contribution in [1.29, 1.82) is 0 Å². The molecule has 0 spiro atoms. The number of H-pyrrole nitrogens is 1. The Bertz CT molecular complexity index is 1210. The van der Waals surface area contributed by atoms with Gasteiger partial charge in [0.25, 0.3) is 11.5 Å². The zero-order chi connectivity index (χ0) is 26.1. The maximum absolute atomic E-state index is 13.8. The number of hydrogen-bond donors (Lipinski definition) is 1. The minimum Gasteiger partial charge on any atom is -0.497 e. The molecule has 194 valence electrons. The molecule has 3 rings (SSSR count). The Labute approximate surface area is 212 Å². The van der Waals surface area contributed by atoms with Gasteiger partial charge in [0.2, 0.25) is 5.75 Å². The number of unbranched alkanes of at least 4 members (excludes halogenated alkanes) is 1. The first kappa shape index (κ1) is 26.9. The van der Waals surface area contributed by atoms with Crippen molar-refractivity contribution in [3.05, 3.63) is 57.9 Å². The highest BCUT2D eigenvalue weighted by Gasteiger charge is 2.23. The molecule has 8 heteroatoms. The number of ether oxygens (including phenoxy) is 4. The molecule has 3 aromatic rings. The molecule has 1 aromatic heterocycles. The third-order valence-electron chi connectivity index (χ3n) is 5.71. The van der Waals surface area contributed by atoms with E-state index in [9.17, 15) is 9.59 Å². The van der Waals surface area contributed by atoms with E-state index < -0.39 is 0 Å². The van der Waals surface area contributed by atoms with Crippen molar-refractivity contribution >= 4 is 16.8 Å². The van der Waals surface area contributed by atoms with Crippen molar-refractivity contribution in [1.82, 2.24) is 9.88 Å². The van der Waals surface area contributed by atoms with Crippen LogP contribution in [-0.4, -0.2) is 49.3 Å². The third-order valence-corrected chi connectivity index (χ3v) is 5.71. The van der Waals surface area contributed by atoms with Crippen molar-refractivity contribution in [3.63, 3.8) is 0 Å². The molecule has 1 heterocycles. The summed E-state index contributed by atoms with van der Waals surface area (Å²) in [5.41, 5.74) is 1.41. The fraction of sp³-hybridized carbons (Fsp3) is 0.429. The highest BCUT2D eigenvalue weighted by Crippen LogP contribution is 2.39. The molecule has 0 aliphatic rings. The van der Waals surface area contributed by atoms with E-state index in [0.717, 1.165) is 18.2 Å². The predicted octanol–water partition coefficient (Wildman–Crippen LogP) is 5.18. The first-order chi connectivity index (χ1) is 17.4. The second-order valence-corrected chi connectivity index (χ2v) is 8.26. The topological polar surface area (TPSA) is 90.1 Å². The summed E-state index contributed by atoms with van der Waals surface area (Å²) >= 11 is 0. The molecular formula is C28H36N2O6. The molecule has 0 bridgehead atoms. The van der Waals surface area contributed by atoms with Gasteiger partial charge in [-0.2, -0.15) is 0 Å². The number of methoxy groups -OCH3 is 1. The summed E-state index contributed by atoms with van der Waals surface area (Å²) in [6, 6.07) is 10.7. The van der Waals surface area contributed by atoms with Gasteiger partial charge < -0.3 is 28.8 Å². The SMILES string of the molecule is CCCCN(Cc1cc2cc(OC)ccc2[nH]c1=O)C(=O)c1cc(OCC)c(OCC)c(OCC)c1. The summed E-state index contributed by atoms with van der Waals surface area (Å²) in [7, 11) is 1.60. The van der Waals surface area contributed by atoms with Crippen LogP contribution in [0.2, 0.25) is 0 Å². The summed E-state index contributed by atoms with van der Waals surface area (Å²) in [5, 5.41) is 0.838. The number of aromatic nitrogens is 1. The largest absolute Gasteiger partial charge is 0.497 e. The van der Waals surface area contributed by atoms with E-state index in [1.165, 1.54) is 0 Å². The minimum absolute atomic E-state index is 0.169. The van der Waals surface area contributed by atoms with Crippen LogP contribution in [0.1, 0.15) is 56.5 Å². The Morgan fingerprint density at radius 1 is 0.917 bits per heavy atom. The molecule has 0 fully saturated rings. The number of amides is 1. The van der Waals surface area contributed by atoms with Crippen molar-refractivity contribution in [2.24, 2.45) is 0 Å². The van der Waals surface area contributed by atoms with Gasteiger partial charge in [0, 0.05) is 28.6 Å². The van der Waals surface area contributed by atoms with Crippen molar-refractivity contribution in [2.75, 3.05) is 33.5 Å². The van der Waals surface area contributed by atoms with Crippen LogP contribution in [0, 0.1) is 0 Å². The van der Waals surface area contributed by atoms with E-state index in [0.29, 0.717) is 66.0 Å². The van der Waals surface area contributed by atoms with E-state index in [4.69, 9.17) is 18.9 Å². The van der Waals surface area contributed by atoms with Gasteiger partial charge in [0.15, 0.2) is 11.5 Å². The van der Waals surface area contributed by atoms with E-state index in [-0.39, 0.29) is 18.0 Å². The number of carbonyl (C=O) groups is 1. The van der Waals surface area contributed by atoms with E-state index in [2.05, 4.69) is 11.9 Å². The van der Waals surface area contributed by atoms with Crippen molar-refractivity contribution < 1.29 is 23.7 Å². The number of fused-ring (bicyclic) bond motifs is 1. The molecule has 36 heavy (non-hydrogen) atoms. The molecule has 0 aliphatic carbocycles. The van der Waals surface area contributed by atoms with Crippen LogP contribution >= 0.6 is 0 Å². The lowest BCUT2D eigenvalue weighted by molar-refractivity contribution is 0.0739. The lowest BCUT2D eigenvalue weighted by Crippen LogP contribution is -2.33. The quantitative estimate of drug-likeness (QED) is 0.351. The Hall–Kier alpha value is -3.68. The zero-order valence-corrected chi connectivity index (χ0v) is 21.8. The van der Waals surface area contributed by atoms with Crippen LogP contribution in [0.5, 0.6) is 23.0 Å². The van der Waals surface area contributed by atoms with E-state index >= 15 is 0 Å². The Morgan fingerprint density at radius 3 is 2.17 bits per heavy atom. The number of aromatic amines is 1. The Kier molecular flexibility index (Phi) is 9.61. The van der Waals surface area contributed by atoms with Gasteiger partial charge in [-0.05, 0) is 63.6 Å². The van der Waals surface area contributed by atoms with Gasteiger partial charge in [-0.25, -0.2) is 0 Å². The monoisotopic (exact) mass is 496 g/mol. The second kappa shape index (κ2) is 12.9. The van der Waals surface area contributed by atoms with Gasteiger partial charge in [-0.1, -0.05) is 13.3 Å². The van der Waals surface area contributed by atoms with Gasteiger partial charge in [-0.15, -0.1) is 0 Å². The number of carbonyl (C=O) groups excluding carboxylic acids is 1. The lowest BCUT2D eigenvalue weighted by Gasteiger charge is -2.24. The third kappa shape index (κ3) is 6.30. The van der Waals surface area contributed by atoms with E-state index in [1.807, 2.05) is 39.0 Å². The maximum atomic E-state index is 13.8. The first-order valence-electron chi connectivity index (χ1n) is 12.5. The summed E-state index contributed by atoms with van der Waals surface area (Å²) < 4.78 is 22.7. The molecule has 0 aliphatic heterocycles. The Balaban J connectivity index is 2.02. The average molecular weight is 497 g/mol. The van der Waals surface area contributed by atoms with Crippen LogP contribution in [-0.2, 0) is 6.54 Å². The van der Waals surface area contributed by atoms with Crippen LogP contribution in [0.15, 0.2) is 41.2 Å². The summed E-state index contributed by atoms with van der Waals surface area (Å²) in [6.45, 7) is 9.64. The van der Waals surface area contributed by atoms with Crippen molar-refractivity contribution in [3.8, 4) is 23.0 Å². The number of benzene rings is 2. The van der Waals surface area contributed by atoms with Crippen LogP contribution in [0.25, 0.3) is 10.9 Å². The Morgan fingerprint density at radius 2 is 1.58 bits per heavy atom. The summed E-state index contributed by atoms with van der Waals surface area (Å²) in [4.78, 5) is 31.2. The van der Waals surface area contributed by atoms with Gasteiger partial charge in [0.1, 0.15) is 5.75 Å². The smallest absolute Gasteiger partial charge is 0.254 e. The molecule has 0 unspecified atom stereocenters. The number of pyridine rings is 1. The molecule has 2 aromatic carbocycles. The highest BCUT2D eigenvalue weighted by atomic mass is 16.5. The second-order valence-electron chi connectivity index (χ2n) is 8.26. The fourth-order valence-electron chi connectivity index (χ4n) is 3.98. The van der Waals surface area contributed by atoms with Gasteiger partial charge >= 0.3 is 0 Å². The normalized spacial score (nSPS) is 10.8.